The molecule has 1 N–H and O–H groups in total. The van der Waals surface area contributed by atoms with Crippen LogP contribution in [0.2, 0.25) is 0 Å². The lowest BCUT2D eigenvalue weighted by Crippen LogP contribution is -1.85. The van der Waals surface area contributed by atoms with Crippen molar-refractivity contribution in [2.45, 2.75) is 20.3 Å². The molecule has 0 saturated heterocycles. The molecule has 0 saturated carbocycles. The predicted molar refractivity (Wildman–Crippen MR) is 44.1 cm³/mol. The number of hydrogen-bond acceptors (Lipinski definition) is 4. The normalized spacial score (nSPS) is 8.67. The molecule has 68 valence electrons. The van der Waals surface area contributed by atoms with Crippen LogP contribution >= 0.6 is 0 Å². The second kappa shape index (κ2) is 5.49. The molecule has 0 amide bonds. The Morgan fingerprint density at radius 1 is 1.58 bits per heavy atom. The highest BCUT2D eigenvalue weighted by Gasteiger charge is 2.06. The van der Waals surface area contributed by atoms with Gasteiger partial charge in [0.25, 0.3) is 0 Å². The van der Waals surface area contributed by atoms with Crippen molar-refractivity contribution in [1.29, 1.82) is 0 Å². The lowest BCUT2D eigenvalue weighted by molar-refractivity contribution is 0.109. The van der Waals surface area contributed by atoms with E-state index in [9.17, 15) is 4.79 Å². The number of aliphatic hydroxyl groups is 1. The maximum atomic E-state index is 10.3. The summed E-state index contributed by atoms with van der Waals surface area (Å²) in [6, 6.07) is 0. The number of aromatic nitrogens is 1. The van der Waals surface area contributed by atoms with Crippen molar-refractivity contribution >= 4 is 6.29 Å². The SMILES string of the molecule is CCc1nc(C)oc1C=O.CO. The summed E-state index contributed by atoms with van der Waals surface area (Å²) in [5.41, 5.74) is 0.743. The highest BCUT2D eigenvalue weighted by molar-refractivity contribution is 5.72. The lowest BCUT2D eigenvalue weighted by Gasteiger charge is -1.83. The van der Waals surface area contributed by atoms with E-state index in [4.69, 9.17) is 9.52 Å². The van der Waals surface area contributed by atoms with Crippen LogP contribution in [0, 0.1) is 6.92 Å². The van der Waals surface area contributed by atoms with Gasteiger partial charge in [0.05, 0.1) is 5.69 Å². The summed E-state index contributed by atoms with van der Waals surface area (Å²) in [7, 11) is 1.00. The van der Waals surface area contributed by atoms with Crippen molar-refractivity contribution in [3.05, 3.63) is 17.3 Å². The standard InChI is InChI=1S/C7H9NO2.CH4O/c1-3-6-7(4-9)10-5(2)8-6;1-2/h4H,3H2,1-2H3;2H,1H3. The zero-order valence-corrected chi connectivity index (χ0v) is 7.50. The number of aliphatic hydroxyl groups excluding tert-OH is 1. The second-order valence-corrected chi connectivity index (χ2v) is 2.02. The fraction of sp³-hybridized carbons (Fsp3) is 0.500. The Kier molecular flexibility index (Phi) is 4.96. The Labute approximate surface area is 71.2 Å². The Morgan fingerprint density at radius 3 is 2.50 bits per heavy atom. The van der Waals surface area contributed by atoms with E-state index in [-0.39, 0.29) is 0 Å². The Hall–Kier alpha value is -1.16. The number of aldehydes is 1. The van der Waals surface area contributed by atoms with Crippen LogP contribution in [0.4, 0.5) is 0 Å². The smallest absolute Gasteiger partial charge is 0.192 e. The first-order valence-corrected chi connectivity index (χ1v) is 3.64. The third-order valence-electron chi connectivity index (χ3n) is 1.28. The summed E-state index contributed by atoms with van der Waals surface area (Å²) < 4.78 is 4.98. The number of nitrogens with zero attached hydrogens (tertiary/aromatic N) is 1. The summed E-state index contributed by atoms with van der Waals surface area (Å²) in [5, 5.41) is 7.00. The number of carbonyl (C=O) groups is 1. The van der Waals surface area contributed by atoms with Crippen LogP contribution in [0.3, 0.4) is 0 Å². The minimum Gasteiger partial charge on any atom is -0.438 e. The topological polar surface area (TPSA) is 63.3 Å². The summed E-state index contributed by atoms with van der Waals surface area (Å²) in [5.74, 6) is 0.916. The van der Waals surface area contributed by atoms with Gasteiger partial charge in [0.2, 0.25) is 0 Å². The van der Waals surface area contributed by atoms with E-state index in [0.29, 0.717) is 17.9 Å². The van der Waals surface area contributed by atoms with Gasteiger partial charge in [-0.3, -0.25) is 4.79 Å². The van der Waals surface area contributed by atoms with Crippen LogP contribution in [0.5, 0.6) is 0 Å². The third-order valence-corrected chi connectivity index (χ3v) is 1.28. The van der Waals surface area contributed by atoms with Gasteiger partial charge in [0, 0.05) is 14.0 Å². The molecule has 0 bridgehead atoms. The molecule has 1 aromatic rings. The van der Waals surface area contributed by atoms with Gasteiger partial charge in [-0.05, 0) is 6.42 Å². The summed E-state index contributed by atoms with van der Waals surface area (Å²) in [6.45, 7) is 3.66. The van der Waals surface area contributed by atoms with E-state index >= 15 is 0 Å². The molecule has 0 fully saturated rings. The van der Waals surface area contributed by atoms with Crippen LogP contribution in [0.15, 0.2) is 4.42 Å². The van der Waals surface area contributed by atoms with Gasteiger partial charge in [0.15, 0.2) is 17.9 Å². The molecule has 4 nitrogen and oxygen atoms in total. The Bertz CT molecular complexity index is 242. The maximum Gasteiger partial charge on any atom is 0.192 e. The molecule has 12 heavy (non-hydrogen) atoms. The molecule has 0 aliphatic rings. The summed E-state index contributed by atoms with van der Waals surface area (Å²) in [6.07, 6.45) is 1.43. The molecular weight excluding hydrogens is 158 g/mol. The van der Waals surface area contributed by atoms with Crippen LogP contribution < -0.4 is 0 Å². The fourth-order valence-corrected chi connectivity index (χ4v) is 0.831. The first-order chi connectivity index (χ1) is 5.77. The van der Waals surface area contributed by atoms with Gasteiger partial charge in [0.1, 0.15) is 0 Å². The number of aryl methyl sites for hydroxylation is 2. The van der Waals surface area contributed by atoms with Crippen molar-refractivity contribution in [2.75, 3.05) is 7.11 Å². The largest absolute Gasteiger partial charge is 0.438 e. The van der Waals surface area contributed by atoms with Crippen molar-refractivity contribution < 1.29 is 14.3 Å². The average Bonchev–Trinajstić information content (AvgIpc) is 2.49. The van der Waals surface area contributed by atoms with E-state index in [2.05, 4.69) is 4.98 Å². The molecule has 0 atom stereocenters. The molecule has 4 heteroatoms. The first-order valence-electron chi connectivity index (χ1n) is 3.64. The van der Waals surface area contributed by atoms with E-state index in [1.165, 1.54) is 0 Å². The lowest BCUT2D eigenvalue weighted by atomic mass is 10.3. The molecule has 0 spiro atoms. The molecule has 0 unspecified atom stereocenters. The van der Waals surface area contributed by atoms with Gasteiger partial charge in [-0.25, -0.2) is 4.98 Å². The van der Waals surface area contributed by atoms with Gasteiger partial charge in [-0.1, -0.05) is 6.92 Å². The molecule has 1 rings (SSSR count). The maximum absolute atomic E-state index is 10.3. The monoisotopic (exact) mass is 171 g/mol. The highest BCUT2D eigenvalue weighted by atomic mass is 16.4. The van der Waals surface area contributed by atoms with Gasteiger partial charge < -0.3 is 9.52 Å². The van der Waals surface area contributed by atoms with Crippen LogP contribution in [0.25, 0.3) is 0 Å². The zero-order chi connectivity index (χ0) is 9.56. The predicted octanol–water partition coefficient (Wildman–Crippen LogP) is 0.966. The highest BCUT2D eigenvalue weighted by Crippen LogP contribution is 2.07. The number of rotatable bonds is 2. The van der Waals surface area contributed by atoms with Crippen LogP contribution in [0.1, 0.15) is 29.1 Å². The minimum absolute atomic E-state index is 0.361. The van der Waals surface area contributed by atoms with E-state index in [0.717, 1.165) is 19.2 Å². The zero-order valence-electron chi connectivity index (χ0n) is 7.50. The fourth-order valence-electron chi connectivity index (χ4n) is 0.831. The number of hydrogen-bond donors (Lipinski definition) is 1. The van der Waals surface area contributed by atoms with E-state index in [1.54, 1.807) is 6.92 Å². The molecule has 0 aliphatic carbocycles. The summed E-state index contributed by atoms with van der Waals surface area (Å²) in [4.78, 5) is 14.3. The molecule has 0 radical (unpaired) electrons. The van der Waals surface area contributed by atoms with Crippen molar-refractivity contribution in [3.63, 3.8) is 0 Å². The number of carbonyl (C=O) groups excluding carboxylic acids is 1. The molecular formula is C8H13NO3. The molecule has 0 aliphatic heterocycles. The molecule has 1 heterocycles. The van der Waals surface area contributed by atoms with Crippen LogP contribution in [-0.2, 0) is 6.42 Å². The first kappa shape index (κ1) is 10.8. The number of oxazole rings is 1. The van der Waals surface area contributed by atoms with Crippen molar-refractivity contribution in [3.8, 4) is 0 Å². The van der Waals surface area contributed by atoms with E-state index < -0.39 is 0 Å². The van der Waals surface area contributed by atoms with Crippen molar-refractivity contribution in [1.82, 2.24) is 4.98 Å². The molecule has 0 aromatic carbocycles. The summed E-state index contributed by atoms with van der Waals surface area (Å²) >= 11 is 0. The van der Waals surface area contributed by atoms with Crippen molar-refractivity contribution in [2.24, 2.45) is 0 Å². The van der Waals surface area contributed by atoms with Gasteiger partial charge in [-0.2, -0.15) is 0 Å². The Morgan fingerprint density at radius 2 is 2.17 bits per heavy atom. The van der Waals surface area contributed by atoms with Gasteiger partial charge in [-0.15, -0.1) is 0 Å². The van der Waals surface area contributed by atoms with Gasteiger partial charge >= 0.3 is 0 Å². The Balaban J connectivity index is 0.000000561. The second-order valence-electron chi connectivity index (χ2n) is 2.02. The third kappa shape index (κ3) is 2.47. The van der Waals surface area contributed by atoms with E-state index in [1.807, 2.05) is 6.92 Å². The quantitative estimate of drug-likeness (QED) is 0.673. The average molecular weight is 171 g/mol. The minimum atomic E-state index is 0.361. The molecule has 1 aromatic heterocycles. The van der Waals surface area contributed by atoms with Crippen LogP contribution in [-0.4, -0.2) is 23.5 Å².